The first kappa shape index (κ1) is 17.9. The van der Waals surface area contributed by atoms with Crippen LogP contribution >= 0.6 is 0 Å². The number of ether oxygens (including phenoxy) is 1. The van der Waals surface area contributed by atoms with Crippen molar-refractivity contribution in [3.8, 4) is 0 Å². The van der Waals surface area contributed by atoms with Gasteiger partial charge in [0.1, 0.15) is 12.0 Å². The Kier molecular flexibility index (Phi) is 5.52. The van der Waals surface area contributed by atoms with Crippen molar-refractivity contribution in [1.82, 2.24) is 9.55 Å². The number of benzene rings is 1. The summed E-state index contributed by atoms with van der Waals surface area (Å²) in [5.41, 5.74) is 10.0. The van der Waals surface area contributed by atoms with Crippen molar-refractivity contribution in [3.63, 3.8) is 0 Å². The molecular formula is C17H20N6O3. The largest absolute Gasteiger partial charge is 0.394 e. The number of aliphatic hydroxyl groups excluding tert-OH is 1. The summed E-state index contributed by atoms with van der Waals surface area (Å²) in [6.07, 6.45) is 0.733. The summed E-state index contributed by atoms with van der Waals surface area (Å²) in [7, 11) is 0. The van der Waals surface area contributed by atoms with E-state index in [4.69, 9.17) is 10.3 Å². The zero-order valence-electron chi connectivity index (χ0n) is 14.3. The van der Waals surface area contributed by atoms with Gasteiger partial charge in [0.2, 0.25) is 0 Å². The quantitative estimate of drug-likeness (QED) is 0.466. The fourth-order valence-corrected chi connectivity index (χ4v) is 2.97. The lowest BCUT2D eigenvalue weighted by Gasteiger charge is -2.17. The van der Waals surface area contributed by atoms with E-state index in [0.29, 0.717) is 18.8 Å². The van der Waals surface area contributed by atoms with Crippen LogP contribution in [0.3, 0.4) is 0 Å². The summed E-state index contributed by atoms with van der Waals surface area (Å²) in [4.78, 5) is 19.3. The molecule has 1 aromatic carbocycles. The second kappa shape index (κ2) is 8.01. The lowest BCUT2D eigenvalue weighted by molar-refractivity contribution is -0.0270. The van der Waals surface area contributed by atoms with Crippen LogP contribution in [0.1, 0.15) is 23.8 Å². The molecule has 1 saturated heterocycles. The van der Waals surface area contributed by atoms with Crippen LogP contribution in [0.2, 0.25) is 0 Å². The van der Waals surface area contributed by atoms with Gasteiger partial charge < -0.3 is 15.2 Å². The third-order valence-corrected chi connectivity index (χ3v) is 4.33. The maximum atomic E-state index is 12.4. The highest BCUT2D eigenvalue weighted by Gasteiger charge is 2.35. The van der Waals surface area contributed by atoms with E-state index in [-0.39, 0.29) is 6.61 Å². The van der Waals surface area contributed by atoms with Crippen LogP contribution in [0.25, 0.3) is 10.4 Å². The van der Waals surface area contributed by atoms with Gasteiger partial charge in [0.25, 0.3) is 0 Å². The van der Waals surface area contributed by atoms with Crippen molar-refractivity contribution in [2.75, 3.05) is 11.9 Å². The van der Waals surface area contributed by atoms with E-state index in [9.17, 15) is 9.90 Å². The number of aromatic nitrogens is 2. The van der Waals surface area contributed by atoms with Gasteiger partial charge >= 0.3 is 5.69 Å². The van der Waals surface area contributed by atoms with Crippen molar-refractivity contribution in [2.24, 2.45) is 5.11 Å². The molecule has 2 heterocycles. The molecule has 136 valence electrons. The third kappa shape index (κ3) is 3.85. The lowest BCUT2D eigenvalue weighted by Crippen LogP contribution is -2.29. The fourth-order valence-electron chi connectivity index (χ4n) is 2.97. The monoisotopic (exact) mass is 356 g/mol. The van der Waals surface area contributed by atoms with E-state index in [1.165, 1.54) is 4.57 Å². The lowest BCUT2D eigenvalue weighted by atomic mass is 10.1. The van der Waals surface area contributed by atoms with Crippen LogP contribution in [0, 0.1) is 6.92 Å². The Hall–Kier alpha value is -2.87. The summed E-state index contributed by atoms with van der Waals surface area (Å²) in [5.74, 6) is 0.512. The fraction of sp³-hybridized carbons (Fsp3) is 0.412. The first-order valence-corrected chi connectivity index (χ1v) is 8.30. The molecule has 0 spiro atoms. The summed E-state index contributed by atoms with van der Waals surface area (Å²) >= 11 is 0. The van der Waals surface area contributed by atoms with Crippen molar-refractivity contribution < 1.29 is 9.84 Å². The Morgan fingerprint density at radius 3 is 2.92 bits per heavy atom. The highest BCUT2D eigenvalue weighted by atomic mass is 16.5. The molecule has 3 atom stereocenters. The minimum Gasteiger partial charge on any atom is -0.394 e. The molecule has 26 heavy (non-hydrogen) atoms. The highest BCUT2D eigenvalue weighted by molar-refractivity contribution is 5.42. The zero-order chi connectivity index (χ0) is 18.5. The number of rotatable bonds is 6. The van der Waals surface area contributed by atoms with Crippen molar-refractivity contribution in [3.05, 3.63) is 68.6 Å². The Morgan fingerprint density at radius 1 is 1.46 bits per heavy atom. The molecule has 9 nitrogen and oxygen atoms in total. The van der Waals surface area contributed by atoms with Gasteiger partial charge in [0.05, 0.1) is 18.8 Å². The number of nitrogens with zero attached hydrogens (tertiary/aromatic N) is 5. The first-order valence-electron chi connectivity index (χ1n) is 8.30. The second-order valence-corrected chi connectivity index (χ2v) is 6.12. The van der Waals surface area contributed by atoms with Crippen molar-refractivity contribution in [1.29, 1.82) is 0 Å². The summed E-state index contributed by atoms with van der Waals surface area (Å²) in [5, 5.41) is 16.1. The minimum atomic E-state index is -0.626. The molecule has 1 fully saturated rings. The van der Waals surface area contributed by atoms with E-state index in [1.54, 1.807) is 6.20 Å². The molecule has 3 rings (SSSR count). The Labute approximate surface area is 149 Å². The van der Waals surface area contributed by atoms with Gasteiger partial charge in [-0.15, -0.1) is 0 Å². The predicted octanol–water partition coefficient (Wildman–Crippen LogP) is 2.12. The Morgan fingerprint density at radius 2 is 2.23 bits per heavy atom. The van der Waals surface area contributed by atoms with Gasteiger partial charge in [-0.1, -0.05) is 35.4 Å². The van der Waals surface area contributed by atoms with E-state index < -0.39 is 24.1 Å². The number of hydrogen-bond acceptors (Lipinski definition) is 6. The molecule has 0 aliphatic carbocycles. The molecular weight excluding hydrogens is 336 g/mol. The summed E-state index contributed by atoms with van der Waals surface area (Å²) < 4.78 is 7.03. The number of hydrogen-bond donors (Lipinski definition) is 2. The maximum Gasteiger partial charge on any atom is 0.351 e. The molecule has 1 aliphatic heterocycles. The zero-order valence-corrected chi connectivity index (χ0v) is 14.3. The topological polar surface area (TPSA) is 125 Å². The SMILES string of the molecule is Cc1cn([C@@H]2C[C@@H](N=[N+]=[N-])[C@H](CO)O2)c(=O)nc1NCc1ccccc1. The molecule has 2 N–H and O–H groups in total. The first-order chi connectivity index (χ1) is 12.6. The van der Waals surface area contributed by atoms with Crippen LogP contribution < -0.4 is 11.0 Å². The standard InChI is InChI=1S/C17H20N6O3/c1-11-9-23(15-7-13(21-22-18)14(10-24)26-15)17(25)20-16(11)19-8-12-5-3-2-4-6-12/h2-6,9,13-15,24H,7-8,10H2,1H3,(H,19,20,25)/t13-,14+,15+/m1/s1. The Balaban J connectivity index is 1.77. The van der Waals surface area contributed by atoms with Gasteiger partial charge in [-0.3, -0.25) is 4.57 Å². The number of aliphatic hydroxyl groups is 1. The van der Waals surface area contributed by atoms with Gasteiger partial charge in [0.15, 0.2) is 0 Å². The average molecular weight is 356 g/mol. The molecule has 9 heteroatoms. The van der Waals surface area contributed by atoms with E-state index in [0.717, 1.165) is 11.1 Å². The van der Waals surface area contributed by atoms with Crippen LogP contribution in [-0.4, -0.2) is 33.4 Å². The van der Waals surface area contributed by atoms with Gasteiger partial charge in [-0.25, -0.2) is 4.79 Å². The van der Waals surface area contributed by atoms with Gasteiger partial charge in [0, 0.05) is 29.6 Å². The number of azide groups is 1. The molecule has 0 saturated carbocycles. The van der Waals surface area contributed by atoms with Crippen LogP contribution in [0.5, 0.6) is 0 Å². The second-order valence-electron chi connectivity index (χ2n) is 6.12. The van der Waals surface area contributed by atoms with Crippen LogP contribution in [0.4, 0.5) is 5.82 Å². The van der Waals surface area contributed by atoms with Gasteiger partial charge in [-0.05, 0) is 18.0 Å². The maximum absolute atomic E-state index is 12.4. The molecule has 2 aromatic rings. The van der Waals surface area contributed by atoms with Crippen molar-refractivity contribution >= 4 is 5.82 Å². The Bertz CT molecular complexity index is 863. The molecule has 0 bridgehead atoms. The normalized spacial score (nSPS) is 22.0. The van der Waals surface area contributed by atoms with Crippen LogP contribution in [-0.2, 0) is 11.3 Å². The molecule has 0 radical (unpaired) electrons. The smallest absolute Gasteiger partial charge is 0.351 e. The molecule has 0 unspecified atom stereocenters. The summed E-state index contributed by atoms with van der Waals surface area (Å²) in [6, 6.07) is 9.30. The van der Waals surface area contributed by atoms with E-state index >= 15 is 0 Å². The molecule has 1 aliphatic rings. The minimum absolute atomic E-state index is 0.280. The number of aryl methyl sites for hydroxylation is 1. The van der Waals surface area contributed by atoms with Gasteiger partial charge in [-0.2, -0.15) is 4.98 Å². The number of nitrogens with one attached hydrogen (secondary N) is 1. The molecule has 1 aromatic heterocycles. The van der Waals surface area contributed by atoms with Crippen LogP contribution in [0.15, 0.2) is 46.4 Å². The van der Waals surface area contributed by atoms with E-state index in [2.05, 4.69) is 20.3 Å². The summed E-state index contributed by atoms with van der Waals surface area (Å²) in [6.45, 7) is 2.13. The van der Waals surface area contributed by atoms with Crippen molar-refractivity contribution in [2.45, 2.75) is 38.3 Å². The highest BCUT2D eigenvalue weighted by Crippen LogP contribution is 2.30. The predicted molar refractivity (Wildman–Crippen MR) is 95.5 cm³/mol. The van der Waals surface area contributed by atoms with E-state index in [1.807, 2.05) is 37.3 Å². The molecule has 0 amide bonds. The third-order valence-electron chi connectivity index (χ3n) is 4.33. The number of anilines is 1. The average Bonchev–Trinajstić information content (AvgIpc) is 3.06.